The molecular formula is C15H29N3O2. The average molecular weight is 283 g/mol. The summed E-state index contributed by atoms with van der Waals surface area (Å²) in [6.45, 7) is 2.64. The molecule has 1 heterocycles. The van der Waals surface area contributed by atoms with Gasteiger partial charge in [-0.05, 0) is 25.7 Å². The van der Waals surface area contributed by atoms with Gasteiger partial charge in [0.1, 0.15) is 0 Å². The highest BCUT2D eigenvalue weighted by atomic mass is 16.3. The van der Waals surface area contributed by atoms with E-state index in [2.05, 4.69) is 10.2 Å². The number of nitrogens with zero attached hydrogens (tertiary/aromatic N) is 1. The smallest absolute Gasteiger partial charge is 0.234 e. The molecule has 1 saturated heterocycles. The summed E-state index contributed by atoms with van der Waals surface area (Å²) in [5.74, 6) is 0.0261. The summed E-state index contributed by atoms with van der Waals surface area (Å²) in [6.07, 6.45) is 8.09. The van der Waals surface area contributed by atoms with Crippen LogP contribution in [0.5, 0.6) is 0 Å². The Kier molecular flexibility index (Phi) is 5.81. The summed E-state index contributed by atoms with van der Waals surface area (Å²) in [7, 11) is 0. The minimum atomic E-state index is -0.684. The molecule has 2 rings (SSSR count). The Balaban J connectivity index is 1.68. The maximum absolute atomic E-state index is 12.0. The first kappa shape index (κ1) is 15.7. The molecule has 0 aromatic rings. The van der Waals surface area contributed by atoms with Gasteiger partial charge in [0.15, 0.2) is 0 Å². The molecule has 0 atom stereocenters. The summed E-state index contributed by atoms with van der Waals surface area (Å²) in [6, 6.07) is 0.293. The number of piperidine rings is 1. The highest BCUT2D eigenvalue weighted by Crippen LogP contribution is 2.26. The Morgan fingerprint density at radius 3 is 2.40 bits per heavy atom. The van der Waals surface area contributed by atoms with Crippen LogP contribution in [0, 0.1) is 0 Å². The van der Waals surface area contributed by atoms with Crippen LogP contribution in [-0.4, -0.2) is 53.7 Å². The van der Waals surface area contributed by atoms with Crippen LogP contribution in [0.4, 0.5) is 0 Å². The zero-order valence-electron chi connectivity index (χ0n) is 12.4. The first-order chi connectivity index (χ1) is 9.57. The predicted molar refractivity (Wildman–Crippen MR) is 79.3 cm³/mol. The van der Waals surface area contributed by atoms with E-state index in [0.29, 0.717) is 19.1 Å². The van der Waals surface area contributed by atoms with Gasteiger partial charge in [-0.15, -0.1) is 0 Å². The Morgan fingerprint density at radius 1 is 1.20 bits per heavy atom. The number of carbonyl (C=O) groups excluding carboxylic acids is 1. The molecule has 5 heteroatoms. The van der Waals surface area contributed by atoms with E-state index in [9.17, 15) is 9.90 Å². The highest BCUT2D eigenvalue weighted by molar-refractivity contribution is 5.78. The van der Waals surface area contributed by atoms with Gasteiger partial charge in [0.2, 0.25) is 5.91 Å². The Bertz CT molecular complexity index is 306. The second-order valence-corrected chi connectivity index (χ2v) is 6.53. The van der Waals surface area contributed by atoms with Gasteiger partial charge < -0.3 is 16.2 Å². The van der Waals surface area contributed by atoms with Crippen molar-refractivity contribution in [3.05, 3.63) is 0 Å². The van der Waals surface area contributed by atoms with Crippen molar-refractivity contribution in [1.29, 1.82) is 0 Å². The third-order valence-electron chi connectivity index (χ3n) is 4.65. The lowest BCUT2D eigenvalue weighted by Crippen LogP contribution is -2.48. The van der Waals surface area contributed by atoms with Crippen LogP contribution in [0.2, 0.25) is 0 Å². The van der Waals surface area contributed by atoms with Gasteiger partial charge in [0.05, 0.1) is 12.1 Å². The van der Waals surface area contributed by atoms with E-state index in [4.69, 9.17) is 5.73 Å². The van der Waals surface area contributed by atoms with Crippen molar-refractivity contribution in [2.24, 2.45) is 5.73 Å². The fourth-order valence-electron chi connectivity index (χ4n) is 3.20. The van der Waals surface area contributed by atoms with Crippen LogP contribution in [0.15, 0.2) is 0 Å². The van der Waals surface area contributed by atoms with Crippen LogP contribution >= 0.6 is 0 Å². The largest absolute Gasteiger partial charge is 0.388 e. The summed E-state index contributed by atoms with van der Waals surface area (Å²) in [5.41, 5.74) is 5.17. The summed E-state index contributed by atoms with van der Waals surface area (Å²) in [5, 5.41) is 13.4. The molecule has 0 aromatic heterocycles. The molecule has 1 aliphatic heterocycles. The van der Waals surface area contributed by atoms with Crippen LogP contribution in [-0.2, 0) is 4.79 Å². The molecule has 0 unspecified atom stereocenters. The monoisotopic (exact) mass is 283 g/mol. The number of carbonyl (C=O) groups is 1. The Labute approximate surface area is 121 Å². The number of nitrogens with two attached hydrogens (primary N) is 1. The SMILES string of the molecule is NC1CCN(CC(=O)NCC2(O)CCCCCC2)CC1. The van der Waals surface area contributed by atoms with Gasteiger partial charge in [0.25, 0.3) is 0 Å². The van der Waals surface area contributed by atoms with Gasteiger partial charge in [-0.2, -0.15) is 0 Å². The van der Waals surface area contributed by atoms with Crippen molar-refractivity contribution in [3.63, 3.8) is 0 Å². The maximum atomic E-state index is 12.0. The van der Waals surface area contributed by atoms with Crippen LogP contribution in [0.3, 0.4) is 0 Å². The first-order valence-corrected chi connectivity index (χ1v) is 8.04. The zero-order chi connectivity index (χ0) is 14.4. The van der Waals surface area contributed by atoms with Crippen LogP contribution < -0.4 is 11.1 Å². The van der Waals surface area contributed by atoms with Gasteiger partial charge in [-0.3, -0.25) is 9.69 Å². The van der Waals surface area contributed by atoms with Gasteiger partial charge in [0, 0.05) is 25.7 Å². The second kappa shape index (κ2) is 7.38. The zero-order valence-corrected chi connectivity index (χ0v) is 12.4. The molecule has 1 saturated carbocycles. The lowest BCUT2D eigenvalue weighted by molar-refractivity contribution is -0.123. The Hall–Kier alpha value is -0.650. The minimum absolute atomic E-state index is 0.0261. The van der Waals surface area contributed by atoms with E-state index in [1.807, 2.05) is 0 Å². The number of hydrogen-bond donors (Lipinski definition) is 3. The molecule has 1 amide bonds. The van der Waals surface area contributed by atoms with Crippen molar-refractivity contribution in [3.8, 4) is 0 Å². The van der Waals surface area contributed by atoms with Gasteiger partial charge >= 0.3 is 0 Å². The molecule has 2 aliphatic rings. The molecule has 0 bridgehead atoms. The lowest BCUT2D eigenvalue weighted by atomic mass is 9.94. The third kappa shape index (κ3) is 5.04. The molecule has 2 fully saturated rings. The normalized spacial score (nSPS) is 25.1. The van der Waals surface area contributed by atoms with Gasteiger partial charge in [-0.25, -0.2) is 0 Å². The quantitative estimate of drug-likeness (QED) is 0.661. The molecule has 0 aromatic carbocycles. The second-order valence-electron chi connectivity index (χ2n) is 6.53. The fourth-order valence-corrected chi connectivity index (χ4v) is 3.20. The number of amides is 1. The minimum Gasteiger partial charge on any atom is -0.388 e. The number of nitrogens with one attached hydrogen (secondary N) is 1. The third-order valence-corrected chi connectivity index (χ3v) is 4.65. The van der Waals surface area contributed by atoms with E-state index < -0.39 is 5.60 Å². The number of hydrogen-bond acceptors (Lipinski definition) is 4. The molecule has 0 radical (unpaired) electrons. The first-order valence-electron chi connectivity index (χ1n) is 8.04. The topological polar surface area (TPSA) is 78.6 Å². The maximum Gasteiger partial charge on any atom is 0.234 e. The van der Waals surface area contributed by atoms with Crippen LogP contribution in [0.25, 0.3) is 0 Å². The highest BCUT2D eigenvalue weighted by Gasteiger charge is 2.28. The summed E-state index contributed by atoms with van der Waals surface area (Å²) < 4.78 is 0. The number of rotatable bonds is 4. The molecular weight excluding hydrogens is 254 g/mol. The lowest BCUT2D eigenvalue weighted by Gasteiger charge is -2.30. The van der Waals surface area contributed by atoms with Crippen molar-refractivity contribution in [1.82, 2.24) is 10.2 Å². The van der Waals surface area contributed by atoms with E-state index in [-0.39, 0.29) is 5.91 Å². The molecule has 5 nitrogen and oxygen atoms in total. The summed E-state index contributed by atoms with van der Waals surface area (Å²) in [4.78, 5) is 14.1. The fraction of sp³-hybridized carbons (Fsp3) is 0.933. The van der Waals surface area contributed by atoms with Crippen molar-refractivity contribution in [2.45, 2.75) is 63.0 Å². The van der Waals surface area contributed by atoms with Crippen molar-refractivity contribution >= 4 is 5.91 Å². The Morgan fingerprint density at radius 2 is 1.80 bits per heavy atom. The number of likely N-dealkylation sites (tertiary alicyclic amines) is 1. The molecule has 1 aliphatic carbocycles. The van der Waals surface area contributed by atoms with Gasteiger partial charge in [-0.1, -0.05) is 25.7 Å². The summed E-state index contributed by atoms with van der Waals surface area (Å²) >= 11 is 0. The standard InChI is InChI=1S/C15H29N3O2/c16-13-5-9-18(10-6-13)11-14(19)17-12-15(20)7-3-1-2-4-8-15/h13,20H,1-12,16H2,(H,17,19). The van der Waals surface area contributed by atoms with E-state index in [1.54, 1.807) is 0 Å². The van der Waals surface area contributed by atoms with Crippen LogP contribution in [0.1, 0.15) is 51.4 Å². The predicted octanol–water partition coefficient (Wildman–Crippen LogP) is 0.611. The molecule has 20 heavy (non-hydrogen) atoms. The molecule has 4 N–H and O–H groups in total. The van der Waals surface area contributed by atoms with E-state index in [0.717, 1.165) is 51.6 Å². The average Bonchev–Trinajstić information content (AvgIpc) is 2.65. The molecule has 0 spiro atoms. The van der Waals surface area contributed by atoms with Crippen molar-refractivity contribution < 1.29 is 9.90 Å². The van der Waals surface area contributed by atoms with E-state index >= 15 is 0 Å². The van der Waals surface area contributed by atoms with E-state index in [1.165, 1.54) is 12.8 Å². The molecule has 116 valence electrons. The number of aliphatic hydroxyl groups is 1. The van der Waals surface area contributed by atoms with Crippen molar-refractivity contribution in [2.75, 3.05) is 26.2 Å².